The highest BCUT2D eigenvalue weighted by Crippen LogP contribution is 2.19. The van der Waals surface area contributed by atoms with Crippen LogP contribution in [-0.4, -0.2) is 17.8 Å². The Morgan fingerprint density at radius 3 is 2.86 bits per heavy atom. The molecule has 0 bridgehead atoms. The van der Waals surface area contributed by atoms with Gasteiger partial charge < -0.3 is 4.98 Å². The molecule has 1 N–H and O–H groups in total. The van der Waals surface area contributed by atoms with Crippen LogP contribution in [0, 0.1) is 0 Å². The van der Waals surface area contributed by atoms with Crippen molar-refractivity contribution in [1.29, 1.82) is 0 Å². The number of aromatic amines is 1. The molecule has 0 aliphatic heterocycles. The first-order valence-electron chi connectivity index (χ1n) is 4.56. The molecule has 1 nitrogen and oxygen atoms in total. The highest BCUT2D eigenvalue weighted by Gasteiger charge is 2.10. The molecule has 0 saturated carbocycles. The molecule has 1 atom stereocenters. The lowest BCUT2D eigenvalue weighted by Crippen LogP contribution is -2.05. The van der Waals surface area contributed by atoms with E-state index >= 15 is 0 Å². The predicted octanol–water partition coefficient (Wildman–Crippen LogP) is 3.02. The highest BCUT2D eigenvalue weighted by molar-refractivity contribution is 5.83. The van der Waals surface area contributed by atoms with E-state index in [1.165, 1.54) is 0 Å². The van der Waals surface area contributed by atoms with Crippen molar-refractivity contribution < 1.29 is 8.78 Å². The first-order valence-corrected chi connectivity index (χ1v) is 4.56. The quantitative estimate of drug-likeness (QED) is 0.774. The fourth-order valence-electron chi connectivity index (χ4n) is 1.59. The van der Waals surface area contributed by atoms with Crippen LogP contribution in [0.5, 0.6) is 0 Å². The third-order valence-electron chi connectivity index (χ3n) is 2.28. The van der Waals surface area contributed by atoms with E-state index < -0.39 is 12.8 Å². The summed E-state index contributed by atoms with van der Waals surface area (Å²) in [5.41, 5.74) is 1.80. The van der Waals surface area contributed by atoms with Crippen molar-refractivity contribution in [2.75, 3.05) is 6.67 Å². The van der Waals surface area contributed by atoms with Crippen molar-refractivity contribution in [2.24, 2.45) is 0 Å². The topological polar surface area (TPSA) is 15.8 Å². The average molecular weight is 195 g/mol. The second kappa shape index (κ2) is 3.78. The summed E-state index contributed by atoms with van der Waals surface area (Å²) >= 11 is 0. The van der Waals surface area contributed by atoms with Crippen LogP contribution in [0.15, 0.2) is 30.5 Å². The number of benzene rings is 1. The Labute approximate surface area is 80.7 Å². The zero-order valence-electron chi connectivity index (χ0n) is 7.63. The lowest BCUT2D eigenvalue weighted by Gasteiger charge is -2.01. The van der Waals surface area contributed by atoms with Gasteiger partial charge in [-0.1, -0.05) is 18.2 Å². The molecule has 1 aromatic carbocycles. The summed E-state index contributed by atoms with van der Waals surface area (Å²) in [5, 5.41) is 0.976. The summed E-state index contributed by atoms with van der Waals surface area (Å²) in [6, 6.07) is 7.63. The van der Waals surface area contributed by atoms with Gasteiger partial charge in [-0.25, -0.2) is 8.78 Å². The number of nitrogens with one attached hydrogen (secondary N) is 1. The Hall–Kier alpha value is -1.38. The third-order valence-corrected chi connectivity index (χ3v) is 2.28. The number of rotatable bonds is 3. The van der Waals surface area contributed by atoms with E-state index in [-0.39, 0.29) is 6.42 Å². The summed E-state index contributed by atoms with van der Waals surface area (Å²) in [4.78, 5) is 3.03. The normalized spacial score (nSPS) is 13.3. The van der Waals surface area contributed by atoms with E-state index in [0.29, 0.717) is 0 Å². The summed E-state index contributed by atoms with van der Waals surface area (Å²) in [5.74, 6) is 0. The van der Waals surface area contributed by atoms with E-state index in [4.69, 9.17) is 0 Å². The highest BCUT2D eigenvalue weighted by atomic mass is 19.2. The maximum atomic E-state index is 12.8. The Kier molecular flexibility index (Phi) is 2.48. The summed E-state index contributed by atoms with van der Waals surface area (Å²) in [6.07, 6.45) is 0.488. The largest absolute Gasteiger partial charge is 0.361 e. The molecule has 2 aromatic rings. The van der Waals surface area contributed by atoms with Crippen molar-refractivity contribution in [1.82, 2.24) is 4.98 Å². The van der Waals surface area contributed by atoms with Gasteiger partial charge in [0.15, 0.2) is 0 Å². The second-order valence-corrected chi connectivity index (χ2v) is 3.32. The molecule has 14 heavy (non-hydrogen) atoms. The van der Waals surface area contributed by atoms with Crippen LogP contribution in [0.3, 0.4) is 0 Å². The van der Waals surface area contributed by atoms with Gasteiger partial charge in [0.1, 0.15) is 12.8 Å². The maximum Gasteiger partial charge on any atom is 0.132 e. The smallest absolute Gasteiger partial charge is 0.132 e. The van der Waals surface area contributed by atoms with E-state index in [9.17, 15) is 8.78 Å². The van der Waals surface area contributed by atoms with Crippen LogP contribution in [-0.2, 0) is 6.42 Å². The molecule has 1 heterocycles. The molecule has 0 radical (unpaired) electrons. The van der Waals surface area contributed by atoms with Gasteiger partial charge in [-0.15, -0.1) is 0 Å². The van der Waals surface area contributed by atoms with E-state index in [1.54, 1.807) is 6.20 Å². The van der Waals surface area contributed by atoms with E-state index in [2.05, 4.69) is 4.98 Å². The van der Waals surface area contributed by atoms with Crippen molar-refractivity contribution in [3.05, 3.63) is 36.0 Å². The fraction of sp³-hybridized carbons (Fsp3) is 0.273. The Bertz CT molecular complexity index is 422. The minimum absolute atomic E-state index is 0.139. The van der Waals surface area contributed by atoms with Gasteiger partial charge in [0.25, 0.3) is 0 Å². The third kappa shape index (κ3) is 1.62. The zero-order chi connectivity index (χ0) is 9.97. The maximum absolute atomic E-state index is 12.8. The molecule has 1 unspecified atom stereocenters. The van der Waals surface area contributed by atoms with Gasteiger partial charge in [0.05, 0.1) is 0 Å². The van der Waals surface area contributed by atoms with Crippen molar-refractivity contribution in [3.63, 3.8) is 0 Å². The van der Waals surface area contributed by atoms with Crippen molar-refractivity contribution >= 4 is 10.9 Å². The van der Waals surface area contributed by atoms with Crippen LogP contribution in [0.4, 0.5) is 8.78 Å². The molecular weight excluding hydrogens is 184 g/mol. The molecule has 0 saturated heterocycles. The first-order chi connectivity index (χ1) is 6.81. The SMILES string of the molecule is FCC(F)Cc1c[nH]c2ccccc12. The molecule has 0 spiro atoms. The summed E-state index contributed by atoms with van der Waals surface area (Å²) in [7, 11) is 0. The number of halogens is 2. The molecule has 2 rings (SSSR count). The Morgan fingerprint density at radius 1 is 1.29 bits per heavy atom. The van der Waals surface area contributed by atoms with Gasteiger partial charge in [0.2, 0.25) is 0 Å². The van der Waals surface area contributed by atoms with Crippen LogP contribution < -0.4 is 0 Å². The number of para-hydroxylation sites is 1. The van der Waals surface area contributed by atoms with Crippen molar-refractivity contribution in [3.8, 4) is 0 Å². The minimum Gasteiger partial charge on any atom is -0.361 e. The van der Waals surface area contributed by atoms with Crippen LogP contribution in [0.25, 0.3) is 10.9 Å². The lowest BCUT2D eigenvalue weighted by atomic mass is 10.1. The molecular formula is C11H11F2N. The Morgan fingerprint density at radius 2 is 2.07 bits per heavy atom. The predicted molar refractivity (Wildman–Crippen MR) is 52.9 cm³/mol. The molecule has 0 aliphatic rings. The van der Waals surface area contributed by atoms with Gasteiger partial charge in [-0.3, -0.25) is 0 Å². The molecule has 74 valence electrons. The van der Waals surface area contributed by atoms with Gasteiger partial charge >= 0.3 is 0 Å². The van der Waals surface area contributed by atoms with Gasteiger partial charge in [-0.05, 0) is 11.6 Å². The van der Waals surface area contributed by atoms with Crippen LogP contribution >= 0.6 is 0 Å². The van der Waals surface area contributed by atoms with Gasteiger partial charge in [0, 0.05) is 23.5 Å². The first kappa shape index (κ1) is 9.19. The van der Waals surface area contributed by atoms with Crippen molar-refractivity contribution in [2.45, 2.75) is 12.6 Å². The number of H-pyrrole nitrogens is 1. The lowest BCUT2D eigenvalue weighted by molar-refractivity contribution is 0.260. The number of aromatic nitrogens is 1. The fourth-order valence-corrected chi connectivity index (χ4v) is 1.59. The zero-order valence-corrected chi connectivity index (χ0v) is 7.63. The molecule has 0 aliphatic carbocycles. The molecule has 1 aromatic heterocycles. The second-order valence-electron chi connectivity index (χ2n) is 3.32. The minimum atomic E-state index is -1.39. The molecule has 3 heteroatoms. The standard InChI is InChI=1S/C11H11F2N/c12-6-9(13)5-8-7-14-11-4-2-1-3-10(8)11/h1-4,7,9,14H,5-6H2. The van der Waals surface area contributed by atoms with E-state index in [1.807, 2.05) is 24.3 Å². The number of hydrogen-bond acceptors (Lipinski definition) is 0. The van der Waals surface area contributed by atoms with E-state index in [0.717, 1.165) is 16.5 Å². The number of alkyl halides is 2. The summed E-state index contributed by atoms with van der Waals surface area (Å²) in [6.45, 7) is -0.917. The number of hydrogen-bond donors (Lipinski definition) is 1. The van der Waals surface area contributed by atoms with Gasteiger partial charge in [-0.2, -0.15) is 0 Å². The Balaban J connectivity index is 2.33. The summed E-state index contributed by atoms with van der Waals surface area (Å²) < 4.78 is 24.8. The van der Waals surface area contributed by atoms with Crippen LogP contribution in [0.2, 0.25) is 0 Å². The average Bonchev–Trinajstić information content (AvgIpc) is 2.62. The molecule has 0 fully saturated rings. The van der Waals surface area contributed by atoms with Crippen LogP contribution in [0.1, 0.15) is 5.56 Å². The number of fused-ring (bicyclic) bond motifs is 1. The monoisotopic (exact) mass is 195 g/mol. The molecule has 0 amide bonds.